The molecule has 8 nitrogen and oxygen atoms in total. The summed E-state index contributed by atoms with van der Waals surface area (Å²) in [5.74, 6) is 1.61. The molecule has 0 bridgehead atoms. The third-order valence-corrected chi connectivity index (χ3v) is 3.29. The molecule has 0 unspecified atom stereocenters. The van der Waals surface area contributed by atoms with Gasteiger partial charge in [-0.2, -0.15) is 0 Å². The van der Waals surface area contributed by atoms with Gasteiger partial charge in [-0.3, -0.25) is 9.59 Å². The first kappa shape index (κ1) is 16.7. The van der Waals surface area contributed by atoms with Gasteiger partial charge in [0.2, 0.25) is 11.8 Å². The molecule has 2 aromatic rings. The zero-order valence-electron chi connectivity index (χ0n) is 13.0. The van der Waals surface area contributed by atoms with Crippen molar-refractivity contribution in [1.29, 1.82) is 0 Å². The molecule has 0 aliphatic carbocycles. The van der Waals surface area contributed by atoms with Crippen LogP contribution in [0, 0.1) is 0 Å². The van der Waals surface area contributed by atoms with Gasteiger partial charge >= 0.3 is 0 Å². The predicted molar refractivity (Wildman–Crippen MR) is 84.5 cm³/mol. The first-order valence-electron chi connectivity index (χ1n) is 7.74. The van der Waals surface area contributed by atoms with Crippen LogP contribution in [0.25, 0.3) is 0 Å². The highest BCUT2D eigenvalue weighted by atomic mass is 16.2. The largest absolute Gasteiger partial charge is 0.356 e. The third-order valence-electron chi connectivity index (χ3n) is 3.29. The lowest BCUT2D eigenvalue weighted by atomic mass is 10.2. The van der Waals surface area contributed by atoms with E-state index in [4.69, 9.17) is 0 Å². The number of amides is 2. The van der Waals surface area contributed by atoms with Crippen molar-refractivity contribution in [3.8, 4) is 0 Å². The maximum atomic E-state index is 11.6. The SMILES string of the molecule is O=C(CCCC(=O)NCCc1ncc[nH]1)NCCc1ncc[nH]1. The topological polar surface area (TPSA) is 116 Å². The summed E-state index contributed by atoms with van der Waals surface area (Å²) in [6.45, 7) is 1.09. The Bertz CT molecular complexity index is 527. The van der Waals surface area contributed by atoms with Gasteiger partial charge in [0, 0.05) is 63.6 Å². The van der Waals surface area contributed by atoms with Crippen LogP contribution in [0.5, 0.6) is 0 Å². The van der Waals surface area contributed by atoms with E-state index in [1.165, 1.54) is 0 Å². The average molecular weight is 318 g/mol. The zero-order chi connectivity index (χ0) is 16.3. The minimum Gasteiger partial charge on any atom is -0.356 e. The van der Waals surface area contributed by atoms with E-state index in [2.05, 4.69) is 30.6 Å². The molecule has 4 N–H and O–H groups in total. The molecule has 0 atom stereocenters. The fourth-order valence-corrected chi connectivity index (χ4v) is 2.10. The summed E-state index contributed by atoms with van der Waals surface area (Å²) < 4.78 is 0. The van der Waals surface area contributed by atoms with Gasteiger partial charge in [-0.1, -0.05) is 0 Å². The molecule has 0 saturated heterocycles. The van der Waals surface area contributed by atoms with Crippen LogP contribution in [0.3, 0.4) is 0 Å². The molecule has 2 heterocycles. The number of hydrogen-bond donors (Lipinski definition) is 4. The second kappa shape index (κ2) is 9.39. The molecular formula is C15H22N6O2. The molecule has 0 spiro atoms. The normalized spacial score (nSPS) is 10.4. The van der Waals surface area contributed by atoms with Crippen LogP contribution in [0.15, 0.2) is 24.8 Å². The van der Waals surface area contributed by atoms with E-state index >= 15 is 0 Å². The van der Waals surface area contributed by atoms with Crippen molar-refractivity contribution in [2.75, 3.05) is 13.1 Å². The highest BCUT2D eigenvalue weighted by Gasteiger charge is 2.05. The minimum atomic E-state index is -0.0417. The predicted octanol–water partition coefficient (Wildman–Crippen LogP) is 0.321. The Morgan fingerprint density at radius 2 is 1.35 bits per heavy atom. The molecule has 2 rings (SSSR count). The lowest BCUT2D eigenvalue weighted by Gasteiger charge is -2.05. The van der Waals surface area contributed by atoms with Crippen LogP contribution in [0.2, 0.25) is 0 Å². The Morgan fingerprint density at radius 1 is 0.870 bits per heavy atom. The van der Waals surface area contributed by atoms with Crippen molar-refractivity contribution < 1.29 is 9.59 Å². The fourth-order valence-electron chi connectivity index (χ4n) is 2.10. The van der Waals surface area contributed by atoms with Crippen molar-refractivity contribution in [2.24, 2.45) is 0 Å². The summed E-state index contributed by atoms with van der Waals surface area (Å²) in [7, 11) is 0. The lowest BCUT2D eigenvalue weighted by Crippen LogP contribution is -2.28. The van der Waals surface area contributed by atoms with Gasteiger partial charge in [-0.05, 0) is 6.42 Å². The molecule has 0 radical (unpaired) electrons. The summed E-state index contributed by atoms with van der Waals surface area (Å²) in [6.07, 6.45) is 9.46. The molecular weight excluding hydrogens is 296 g/mol. The maximum Gasteiger partial charge on any atom is 0.220 e. The van der Waals surface area contributed by atoms with Gasteiger partial charge in [0.25, 0.3) is 0 Å². The molecule has 0 fully saturated rings. The Hall–Kier alpha value is -2.64. The van der Waals surface area contributed by atoms with E-state index in [-0.39, 0.29) is 11.8 Å². The third kappa shape index (κ3) is 6.77. The Kier molecular flexibility index (Phi) is 6.83. The molecule has 8 heteroatoms. The Balaban J connectivity index is 1.46. The number of aromatic amines is 2. The molecule has 0 aromatic carbocycles. The number of hydrogen-bond acceptors (Lipinski definition) is 4. The molecule has 2 aromatic heterocycles. The number of nitrogens with one attached hydrogen (secondary N) is 4. The molecule has 0 aliphatic rings. The van der Waals surface area contributed by atoms with Crippen LogP contribution in [-0.4, -0.2) is 44.8 Å². The monoisotopic (exact) mass is 318 g/mol. The van der Waals surface area contributed by atoms with Crippen molar-refractivity contribution >= 4 is 11.8 Å². The highest BCUT2D eigenvalue weighted by Crippen LogP contribution is 1.96. The van der Waals surface area contributed by atoms with Gasteiger partial charge in [0.1, 0.15) is 11.6 Å². The molecule has 2 amide bonds. The van der Waals surface area contributed by atoms with E-state index in [0.29, 0.717) is 45.2 Å². The van der Waals surface area contributed by atoms with E-state index in [1.807, 2.05) is 0 Å². The Morgan fingerprint density at radius 3 is 1.74 bits per heavy atom. The van der Waals surface area contributed by atoms with E-state index in [1.54, 1.807) is 24.8 Å². The summed E-state index contributed by atoms with van der Waals surface area (Å²) in [5.41, 5.74) is 0. The highest BCUT2D eigenvalue weighted by molar-refractivity contribution is 5.78. The second-order valence-corrected chi connectivity index (χ2v) is 5.13. The summed E-state index contributed by atoms with van der Waals surface area (Å²) in [4.78, 5) is 37.4. The van der Waals surface area contributed by atoms with Crippen molar-refractivity contribution in [2.45, 2.75) is 32.1 Å². The summed E-state index contributed by atoms with van der Waals surface area (Å²) in [5, 5.41) is 5.63. The summed E-state index contributed by atoms with van der Waals surface area (Å²) in [6, 6.07) is 0. The van der Waals surface area contributed by atoms with Gasteiger partial charge in [-0.25, -0.2) is 9.97 Å². The fraction of sp³-hybridized carbons (Fsp3) is 0.467. The number of rotatable bonds is 10. The van der Waals surface area contributed by atoms with Gasteiger partial charge in [0.15, 0.2) is 0 Å². The van der Waals surface area contributed by atoms with Gasteiger partial charge in [0.05, 0.1) is 0 Å². The van der Waals surface area contributed by atoms with Crippen LogP contribution >= 0.6 is 0 Å². The van der Waals surface area contributed by atoms with Crippen molar-refractivity contribution in [1.82, 2.24) is 30.6 Å². The number of imidazole rings is 2. The van der Waals surface area contributed by atoms with Gasteiger partial charge < -0.3 is 20.6 Å². The number of carbonyl (C=O) groups excluding carboxylic acids is 2. The van der Waals surface area contributed by atoms with Crippen LogP contribution in [0.1, 0.15) is 30.9 Å². The molecule has 0 saturated carbocycles. The average Bonchev–Trinajstić information content (AvgIpc) is 3.20. The van der Waals surface area contributed by atoms with E-state index in [0.717, 1.165) is 11.6 Å². The molecule has 23 heavy (non-hydrogen) atoms. The number of H-pyrrole nitrogens is 2. The first-order valence-corrected chi connectivity index (χ1v) is 7.74. The maximum absolute atomic E-state index is 11.6. The van der Waals surface area contributed by atoms with Gasteiger partial charge in [-0.15, -0.1) is 0 Å². The van der Waals surface area contributed by atoms with Crippen LogP contribution < -0.4 is 10.6 Å². The number of nitrogens with zero attached hydrogens (tertiary/aromatic N) is 2. The lowest BCUT2D eigenvalue weighted by molar-refractivity contribution is -0.122. The van der Waals surface area contributed by atoms with E-state index in [9.17, 15) is 9.59 Å². The smallest absolute Gasteiger partial charge is 0.220 e. The summed E-state index contributed by atoms with van der Waals surface area (Å²) >= 11 is 0. The standard InChI is InChI=1S/C15H22N6O2/c22-14(20-6-4-12-16-8-9-17-12)2-1-3-15(23)21-7-5-13-18-10-11-19-13/h8-11H,1-7H2,(H,16,17)(H,18,19)(H,20,22)(H,21,23). The number of aromatic nitrogens is 4. The first-order chi connectivity index (χ1) is 11.2. The van der Waals surface area contributed by atoms with Crippen molar-refractivity contribution in [3.05, 3.63) is 36.4 Å². The molecule has 0 aliphatic heterocycles. The quantitative estimate of drug-likeness (QED) is 0.505. The Labute approximate surface area is 134 Å². The van der Waals surface area contributed by atoms with Crippen molar-refractivity contribution in [3.63, 3.8) is 0 Å². The second-order valence-electron chi connectivity index (χ2n) is 5.13. The molecule has 124 valence electrons. The van der Waals surface area contributed by atoms with E-state index < -0.39 is 0 Å². The zero-order valence-corrected chi connectivity index (χ0v) is 13.0. The minimum absolute atomic E-state index is 0.0417. The number of carbonyl (C=O) groups is 2. The van der Waals surface area contributed by atoms with Crippen LogP contribution in [-0.2, 0) is 22.4 Å². The van der Waals surface area contributed by atoms with Crippen LogP contribution in [0.4, 0.5) is 0 Å².